The van der Waals surface area contributed by atoms with Crippen molar-refractivity contribution in [3.63, 3.8) is 0 Å². The number of nitrogens with two attached hydrogens (primary N) is 1. The van der Waals surface area contributed by atoms with Gasteiger partial charge in [0.05, 0.1) is 6.04 Å². The van der Waals surface area contributed by atoms with Crippen LogP contribution in [0, 0.1) is 12.7 Å². The van der Waals surface area contributed by atoms with Gasteiger partial charge in [0.25, 0.3) is 0 Å². The molecule has 2 aromatic carbocycles. The molecule has 2 unspecified atom stereocenters. The van der Waals surface area contributed by atoms with Gasteiger partial charge in [-0.3, -0.25) is 0 Å². The molecule has 0 bridgehead atoms. The van der Waals surface area contributed by atoms with Gasteiger partial charge in [0.2, 0.25) is 0 Å². The Morgan fingerprint density at radius 1 is 1.14 bits per heavy atom. The van der Waals surface area contributed by atoms with Crippen LogP contribution in [0.5, 0.6) is 0 Å². The summed E-state index contributed by atoms with van der Waals surface area (Å²) < 4.78 is 13.6. The average molecular weight is 284 g/mol. The van der Waals surface area contributed by atoms with Crippen molar-refractivity contribution < 1.29 is 4.39 Å². The van der Waals surface area contributed by atoms with Crippen LogP contribution in [0.15, 0.2) is 42.5 Å². The fraction of sp³-hybridized carbons (Fsp3) is 0.333. The monoisotopic (exact) mass is 284 g/mol. The molecule has 110 valence electrons. The molecule has 1 aliphatic heterocycles. The molecule has 0 aromatic heterocycles. The van der Waals surface area contributed by atoms with E-state index in [2.05, 4.69) is 36.1 Å². The fourth-order valence-electron chi connectivity index (χ4n) is 3.20. The molecule has 2 N–H and O–H groups in total. The predicted molar refractivity (Wildman–Crippen MR) is 85.0 cm³/mol. The first-order valence-electron chi connectivity index (χ1n) is 7.43. The standard InChI is InChI=1S/C18H21FN2/c1-12-3-5-15(6-4-12)18(13(2)20)21-10-9-14-7-8-16(19)11-17(14)21/h3-8,11,13,18H,9-10,20H2,1-2H3. The Kier molecular flexibility index (Phi) is 3.68. The van der Waals surface area contributed by atoms with Crippen molar-refractivity contribution in [2.24, 2.45) is 5.73 Å². The summed E-state index contributed by atoms with van der Waals surface area (Å²) >= 11 is 0. The molecule has 3 rings (SSSR count). The van der Waals surface area contributed by atoms with Crippen LogP contribution in [0.4, 0.5) is 10.1 Å². The zero-order chi connectivity index (χ0) is 15.0. The summed E-state index contributed by atoms with van der Waals surface area (Å²) in [7, 11) is 0. The first-order chi connectivity index (χ1) is 10.1. The molecule has 0 fully saturated rings. The van der Waals surface area contributed by atoms with E-state index in [9.17, 15) is 4.39 Å². The number of aryl methyl sites for hydroxylation is 1. The largest absolute Gasteiger partial charge is 0.362 e. The van der Waals surface area contributed by atoms with Gasteiger partial charge in [0.15, 0.2) is 0 Å². The van der Waals surface area contributed by atoms with E-state index in [4.69, 9.17) is 5.73 Å². The van der Waals surface area contributed by atoms with Gasteiger partial charge in [-0.25, -0.2) is 4.39 Å². The first-order valence-corrected chi connectivity index (χ1v) is 7.43. The number of rotatable bonds is 3. The van der Waals surface area contributed by atoms with Crippen molar-refractivity contribution >= 4 is 5.69 Å². The van der Waals surface area contributed by atoms with E-state index in [1.807, 2.05) is 13.0 Å². The molecular formula is C18H21FN2. The lowest BCUT2D eigenvalue weighted by Crippen LogP contribution is -2.38. The molecule has 1 heterocycles. The minimum atomic E-state index is -0.187. The van der Waals surface area contributed by atoms with E-state index in [1.165, 1.54) is 22.8 Å². The summed E-state index contributed by atoms with van der Waals surface area (Å²) in [6.45, 7) is 4.98. The van der Waals surface area contributed by atoms with Gasteiger partial charge in [0, 0.05) is 18.3 Å². The summed E-state index contributed by atoms with van der Waals surface area (Å²) in [5, 5.41) is 0. The molecule has 0 spiro atoms. The Morgan fingerprint density at radius 2 is 1.86 bits per heavy atom. The van der Waals surface area contributed by atoms with Crippen LogP contribution in [0.1, 0.15) is 29.7 Å². The molecule has 2 atom stereocenters. The van der Waals surface area contributed by atoms with Gasteiger partial charge >= 0.3 is 0 Å². The highest BCUT2D eigenvalue weighted by Crippen LogP contribution is 2.36. The van der Waals surface area contributed by atoms with E-state index in [-0.39, 0.29) is 17.9 Å². The topological polar surface area (TPSA) is 29.3 Å². The number of hydrogen-bond acceptors (Lipinski definition) is 2. The number of halogens is 1. The third kappa shape index (κ3) is 2.66. The van der Waals surface area contributed by atoms with Gasteiger partial charge < -0.3 is 10.6 Å². The zero-order valence-electron chi connectivity index (χ0n) is 12.5. The zero-order valence-corrected chi connectivity index (χ0v) is 12.5. The Morgan fingerprint density at radius 3 is 2.52 bits per heavy atom. The maximum atomic E-state index is 13.6. The van der Waals surface area contributed by atoms with Gasteiger partial charge in [-0.1, -0.05) is 35.9 Å². The quantitative estimate of drug-likeness (QED) is 0.933. The average Bonchev–Trinajstić information content (AvgIpc) is 2.84. The van der Waals surface area contributed by atoms with Gasteiger partial charge in [-0.05, 0) is 43.5 Å². The van der Waals surface area contributed by atoms with Gasteiger partial charge in [-0.2, -0.15) is 0 Å². The third-order valence-corrected chi connectivity index (χ3v) is 4.23. The Balaban J connectivity index is 2.00. The van der Waals surface area contributed by atoms with E-state index in [0.29, 0.717) is 0 Å². The lowest BCUT2D eigenvalue weighted by Gasteiger charge is -2.33. The molecule has 21 heavy (non-hydrogen) atoms. The maximum Gasteiger partial charge on any atom is 0.125 e. The molecule has 0 aliphatic carbocycles. The number of fused-ring (bicyclic) bond motifs is 1. The summed E-state index contributed by atoms with van der Waals surface area (Å²) in [6.07, 6.45) is 0.949. The van der Waals surface area contributed by atoms with Crippen LogP contribution >= 0.6 is 0 Å². The minimum absolute atomic E-state index is 0.0260. The normalized spacial score (nSPS) is 16.7. The molecule has 0 amide bonds. The van der Waals surface area contributed by atoms with Gasteiger partial charge in [0.1, 0.15) is 5.82 Å². The molecule has 0 radical (unpaired) electrons. The lowest BCUT2D eigenvalue weighted by atomic mass is 9.98. The van der Waals surface area contributed by atoms with Crippen molar-refractivity contribution in [1.82, 2.24) is 0 Å². The molecule has 3 heteroatoms. The molecule has 1 aliphatic rings. The van der Waals surface area contributed by atoms with Crippen molar-refractivity contribution in [3.05, 3.63) is 65.0 Å². The second-order valence-electron chi connectivity index (χ2n) is 5.93. The van der Waals surface area contributed by atoms with Crippen LogP contribution in [0.25, 0.3) is 0 Å². The SMILES string of the molecule is Cc1ccc(C(C(C)N)N2CCc3ccc(F)cc32)cc1. The van der Waals surface area contributed by atoms with Crippen molar-refractivity contribution in [2.75, 3.05) is 11.4 Å². The van der Waals surface area contributed by atoms with Crippen LogP contribution in [0.2, 0.25) is 0 Å². The summed E-state index contributed by atoms with van der Waals surface area (Å²) in [4.78, 5) is 2.24. The Labute approximate surface area is 125 Å². The summed E-state index contributed by atoms with van der Waals surface area (Å²) in [6, 6.07) is 13.6. The number of benzene rings is 2. The Hall–Kier alpha value is -1.87. The van der Waals surface area contributed by atoms with E-state index in [1.54, 1.807) is 6.07 Å². The van der Waals surface area contributed by atoms with Crippen LogP contribution in [-0.2, 0) is 6.42 Å². The number of nitrogens with zero attached hydrogens (tertiary/aromatic N) is 1. The second kappa shape index (κ2) is 5.49. The van der Waals surface area contributed by atoms with Crippen molar-refractivity contribution in [2.45, 2.75) is 32.4 Å². The molecule has 0 saturated heterocycles. The van der Waals surface area contributed by atoms with Crippen LogP contribution in [0.3, 0.4) is 0 Å². The molecule has 2 nitrogen and oxygen atoms in total. The molecule has 2 aromatic rings. The smallest absolute Gasteiger partial charge is 0.125 e. The third-order valence-electron chi connectivity index (χ3n) is 4.23. The lowest BCUT2D eigenvalue weighted by molar-refractivity contribution is 0.540. The number of hydrogen-bond donors (Lipinski definition) is 1. The highest BCUT2D eigenvalue weighted by atomic mass is 19.1. The second-order valence-corrected chi connectivity index (χ2v) is 5.93. The predicted octanol–water partition coefficient (Wildman–Crippen LogP) is 3.59. The maximum absolute atomic E-state index is 13.6. The highest BCUT2D eigenvalue weighted by Gasteiger charge is 2.29. The molecular weight excluding hydrogens is 263 g/mol. The minimum Gasteiger partial charge on any atom is -0.362 e. The summed E-state index contributed by atoms with van der Waals surface area (Å²) in [5.74, 6) is -0.187. The van der Waals surface area contributed by atoms with E-state index < -0.39 is 0 Å². The van der Waals surface area contributed by atoms with E-state index in [0.717, 1.165) is 18.7 Å². The van der Waals surface area contributed by atoms with Crippen LogP contribution in [-0.4, -0.2) is 12.6 Å². The Bertz CT molecular complexity index is 634. The van der Waals surface area contributed by atoms with Gasteiger partial charge in [-0.15, -0.1) is 0 Å². The number of anilines is 1. The van der Waals surface area contributed by atoms with Crippen LogP contribution < -0.4 is 10.6 Å². The first kappa shape index (κ1) is 14.1. The summed E-state index contributed by atoms with van der Waals surface area (Å²) in [5.41, 5.74) is 10.9. The fourth-order valence-corrected chi connectivity index (χ4v) is 3.20. The van der Waals surface area contributed by atoms with Crippen molar-refractivity contribution in [1.29, 1.82) is 0 Å². The van der Waals surface area contributed by atoms with E-state index >= 15 is 0 Å². The molecule has 0 saturated carbocycles. The van der Waals surface area contributed by atoms with Crippen molar-refractivity contribution in [3.8, 4) is 0 Å². The highest BCUT2D eigenvalue weighted by molar-refractivity contribution is 5.60.